The molecule has 2 atom stereocenters. The number of amides is 3. The largest absolute Gasteiger partial charge is 0.309 e. The fraction of sp³-hybridized carbons (Fsp3) is 0.526. The zero-order valence-electron chi connectivity index (χ0n) is 15.6. The zero-order chi connectivity index (χ0) is 19.9. The van der Waals surface area contributed by atoms with Crippen molar-refractivity contribution in [3.05, 3.63) is 24.4 Å². The summed E-state index contributed by atoms with van der Waals surface area (Å²) in [5, 5.41) is 18.1. The molecule has 2 aliphatic rings. The number of pyridine rings is 1. The highest BCUT2D eigenvalue weighted by Gasteiger charge is 2.38. The average molecular weight is 387 g/mol. The van der Waals surface area contributed by atoms with Crippen molar-refractivity contribution >= 4 is 30.3 Å². The molecule has 0 spiro atoms. The minimum absolute atomic E-state index is 0.112. The molecule has 9 heteroatoms. The quantitative estimate of drug-likeness (QED) is 0.400. The maximum absolute atomic E-state index is 13.1. The molecule has 1 fully saturated rings. The summed E-state index contributed by atoms with van der Waals surface area (Å²) in [6.45, 7) is -0.112. The summed E-state index contributed by atoms with van der Waals surface area (Å²) in [4.78, 5) is 40.7. The van der Waals surface area contributed by atoms with E-state index < -0.39 is 12.0 Å². The molecule has 1 aliphatic carbocycles. The Morgan fingerprint density at radius 1 is 1.36 bits per heavy atom. The molecule has 1 aromatic rings. The lowest BCUT2D eigenvalue weighted by Gasteiger charge is -2.28. The summed E-state index contributed by atoms with van der Waals surface area (Å²) >= 11 is 0. The van der Waals surface area contributed by atoms with Gasteiger partial charge in [0.15, 0.2) is 0 Å². The Bertz CT molecular complexity index is 720. The lowest BCUT2D eigenvalue weighted by atomic mass is 9.92. The van der Waals surface area contributed by atoms with E-state index in [-0.39, 0.29) is 24.8 Å². The van der Waals surface area contributed by atoms with Crippen LogP contribution in [0.1, 0.15) is 38.5 Å². The first kappa shape index (κ1) is 19.9. The van der Waals surface area contributed by atoms with E-state index in [0.29, 0.717) is 29.6 Å². The van der Waals surface area contributed by atoms with Crippen LogP contribution in [0.5, 0.6) is 0 Å². The lowest BCUT2D eigenvalue weighted by Crippen LogP contribution is -2.46. The van der Waals surface area contributed by atoms with Crippen LogP contribution in [0.4, 0.5) is 5.82 Å². The smallest absolute Gasteiger partial charge is 0.250 e. The van der Waals surface area contributed by atoms with Crippen molar-refractivity contribution in [2.24, 2.45) is 16.9 Å². The first-order valence-electron chi connectivity index (χ1n) is 9.56. The fourth-order valence-corrected chi connectivity index (χ4v) is 3.85. The van der Waals surface area contributed by atoms with E-state index in [1.807, 2.05) is 0 Å². The molecule has 0 saturated heterocycles. The third-order valence-electron chi connectivity index (χ3n) is 5.25. The van der Waals surface area contributed by atoms with Crippen LogP contribution in [0.15, 0.2) is 29.5 Å². The number of anilines is 1. The predicted molar refractivity (Wildman–Crippen MR) is 101 cm³/mol. The monoisotopic (exact) mass is 387 g/mol. The number of nitrogens with zero attached hydrogens (tertiary/aromatic N) is 4. The van der Waals surface area contributed by atoms with Crippen molar-refractivity contribution in [1.29, 1.82) is 0 Å². The van der Waals surface area contributed by atoms with E-state index in [1.165, 1.54) is 11.2 Å². The Morgan fingerprint density at radius 3 is 2.82 bits per heavy atom. The molecule has 150 valence electrons. The zero-order valence-corrected chi connectivity index (χ0v) is 15.6. The van der Waals surface area contributed by atoms with Gasteiger partial charge in [-0.15, -0.1) is 0 Å². The van der Waals surface area contributed by atoms with E-state index in [9.17, 15) is 19.6 Å². The van der Waals surface area contributed by atoms with Gasteiger partial charge in [0.1, 0.15) is 11.9 Å². The number of hydrazone groups is 1. The molecule has 1 saturated carbocycles. The molecule has 3 amide bonds. The van der Waals surface area contributed by atoms with E-state index in [0.717, 1.165) is 25.7 Å². The summed E-state index contributed by atoms with van der Waals surface area (Å²) in [5.41, 5.74) is 0. The van der Waals surface area contributed by atoms with Gasteiger partial charge in [-0.05, 0) is 24.5 Å². The number of aromatic nitrogens is 1. The number of nitrogens with one attached hydrogen (secondary N) is 1. The van der Waals surface area contributed by atoms with E-state index >= 15 is 0 Å². The second-order valence-electron chi connectivity index (χ2n) is 7.25. The van der Waals surface area contributed by atoms with Crippen molar-refractivity contribution < 1.29 is 19.6 Å². The van der Waals surface area contributed by atoms with Crippen LogP contribution in [-0.2, 0) is 14.4 Å². The number of hydrogen-bond donors (Lipinski definition) is 2. The Labute approximate surface area is 163 Å². The molecule has 28 heavy (non-hydrogen) atoms. The van der Waals surface area contributed by atoms with Gasteiger partial charge < -0.3 is 5.32 Å². The maximum Gasteiger partial charge on any atom is 0.250 e. The minimum atomic E-state index is -0.774. The van der Waals surface area contributed by atoms with E-state index in [1.54, 1.807) is 24.4 Å². The number of hydrogen-bond acceptors (Lipinski definition) is 6. The second kappa shape index (κ2) is 9.41. The summed E-state index contributed by atoms with van der Waals surface area (Å²) in [7, 11) is 0. The molecule has 1 aliphatic heterocycles. The Kier molecular flexibility index (Phi) is 6.70. The molecule has 0 aromatic carbocycles. The van der Waals surface area contributed by atoms with Crippen molar-refractivity contribution in [2.45, 2.75) is 44.6 Å². The highest BCUT2D eigenvalue weighted by Crippen LogP contribution is 2.32. The lowest BCUT2D eigenvalue weighted by molar-refractivity contribution is -0.158. The summed E-state index contributed by atoms with van der Waals surface area (Å²) < 4.78 is 0. The first-order chi connectivity index (χ1) is 13.6. The molecule has 0 bridgehead atoms. The topological polar surface area (TPSA) is 115 Å². The highest BCUT2D eigenvalue weighted by molar-refractivity contribution is 5.99. The summed E-state index contributed by atoms with van der Waals surface area (Å²) in [6, 6.07) is 4.38. The van der Waals surface area contributed by atoms with Crippen LogP contribution in [0.25, 0.3) is 0 Å². The third-order valence-corrected chi connectivity index (χ3v) is 5.25. The standard InChI is InChI=1S/C19H25N5O4/c25-13-23(28)12-15(11-14-5-1-2-6-14)19(27)24-16(8-10-21-24)18(26)22-17-7-3-4-9-20-17/h3-4,7,9-10,13-16,28H,1-2,5-6,8,11-12H2,(H,20,22,26)/t15-,16+/m1/s1. The molecule has 2 N–H and O–H groups in total. The van der Waals surface area contributed by atoms with E-state index in [4.69, 9.17) is 0 Å². The molecule has 0 radical (unpaired) electrons. The summed E-state index contributed by atoms with van der Waals surface area (Å²) in [5.74, 6) is -0.569. The van der Waals surface area contributed by atoms with Crippen LogP contribution in [0.2, 0.25) is 0 Å². The third kappa shape index (κ3) is 4.92. The maximum atomic E-state index is 13.1. The van der Waals surface area contributed by atoms with Crippen LogP contribution >= 0.6 is 0 Å². The molecular formula is C19H25N5O4. The van der Waals surface area contributed by atoms with Crippen LogP contribution in [0, 0.1) is 11.8 Å². The van der Waals surface area contributed by atoms with Gasteiger partial charge in [-0.25, -0.2) is 15.1 Å². The van der Waals surface area contributed by atoms with Gasteiger partial charge in [0, 0.05) is 18.8 Å². The summed E-state index contributed by atoms with van der Waals surface area (Å²) in [6.07, 6.45) is 8.56. The molecule has 3 rings (SSSR count). The molecule has 2 heterocycles. The van der Waals surface area contributed by atoms with Crippen LogP contribution in [-0.4, -0.2) is 57.3 Å². The molecule has 9 nitrogen and oxygen atoms in total. The Morgan fingerprint density at radius 2 is 2.14 bits per heavy atom. The van der Waals surface area contributed by atoms with Gasteiger partial charge in [0.25, 0.3) is 5.91 Å². The van der Waals surface area contributed by atoms with Gasteiger partial charge in [-0.2, -0.15) is 5.10 Å². The first-order valence-corrected chi connectivity index (χ1v) is 9.56. The van der Waals surface area contributed by atoms with Crippen molar-refractivity contribution in [1.82, 2.24) is 15.1 Å². The number of carbonyl (C=O) groups excluding carboxylic acids is 3. The van der Waals surface area contributed by atoms with Gasteiger partial charge in [0.05, 0.1) is 12.5 Å². The number of hydroxylamine groups is 2. The van der Waals surface area contributed by atoms with E-state index in [2.05, 4.69) is 15.4 Å². The number of carbonyl (C=O) groups is 3. The molecule has 1 aromatic heterocycles. The van der Waals surface area contributed by atoms with Gasteiger partial charge in [0.2, 0.25) is 12.3 Å². The van der Waals surface area contributed by atoms with Crippen molar-refractivity contribution in [2.75, 3.05) is 11.9 Å². The van der Waals surface area contributed by atoms with Crippen LogP contribution in [0.3, 0.4) is 0 Å². The SMILES string of the molecule is O=CN(O)C[C@@H](CC1CCCC1)C(=O)N1N=CC[C@H]1C(=O)Nc1ccccn1. The van der Waals surface area contributed by atoms with Crippen molar-refractivity contribution in [3.63, 3.8) is 0 Å². The van der Waals surface area contributed by atoms with Gasteiger partial charge in [-0.1, -0.05) is 31.7 Å². The van der Waals surface area contributed by atoms with Crippen LogP contribution < -0.4 is 5.32 Å². The van der Waals surface area contributed by atoms with Crippen molar-refractivity contribution in [3.8, 4) is 0 Å². The van der Waals surface area contributed by atoms with Gasteiger partial charge in [-0.3, -0.25) is 19.6 Å². The normalized spacial score (nSPS) is 20.2. The molecular weight excluding hydrogens is 362 g/mol. The average Bonchev–Trinajstić information content (AvgIpc) is 3.39. The number of rotatable bonds is 8. The highest BCUT2D eigenvalue weighted by atomic mass is 16.5. The second-order valence-corrected chi connectivity index (χ2v) is 7.25. The minimum Gasteiger partial charge on any atom is -0.309 e. The Balaban J connectivity index is 1.69. The predicted octanol–water partition coefficient (Wildman–Crippen LogP) is 1.65. The van der Waals surface area contributed by atoms with Gasteiger partial charge >= 0.3 is 0 Å². The molecule has 0 unspecified atom stereocenters. The fourth-order valence-electron chi connectivity index (χ4n) is 3.85. The Hall–Kier alpha value is -2.81.